The Hall–Kier alpha value is -1.88. The van der Waals surface area contributed by atoms with Gasteiger partial charge in [-0.2, -0.15) is 4.98 Å². The number of piperidine rings is 1. The average molecular weight is 287 g/mol. The lowest BCUT2D eigenvalue weighted by Crippen LogP contribution is -2.31. The second-order valence-corrected chi connectivity index (χ2v) is 5.51. The topological polar surface area (TPSA) is 60.2 Å². The summed E-state index contributed by atoms with van der Waals surface area (Å²) in [6.45, 7) is 2.18. The van der Waals surface area contributed by atoms with Gasteiger partial charge in [0.1, 0.15) is 5.75 Å². The second kappa shape index (κ2) is 6.72. The molecule has 1 aromatic heterocycles. The van der Waals surface area contributed by atoms with Crippen LogP contribution in [0.1, 0.15) is 30.1 Å². The molecule has 1 fully saturated rings. The van der Waals surface area contributed by atoms with Gasteiger partial charge < -0.3 is 14.6 Å². The molecular formula is C16H21N3O2. The Morgan fingerprint density at radius 1 is 1.38 bits per heavy atom. The molecule has 5 heteroatoms. The summed E-state index contributed by atoms with van der Waals surface area (Å²) in [6, 6.07) is 7.91. The third-order valence-corrected chi connectivity index (χ3v) is 3.91. The van der Waals surface area contributed by atoms with Crippen molar-refractivity contribution in [2.24, 2.45) is 5.92 Å². The molecule has 0 radical (unpaired) electrons. The Bertz CT molecular complexity index is 576. The maximum Gasteiger partial charge on any atom is 0.231 e. The third-order valence-electron chi connectivity index (χ3n) is 3.91. The molecule has 1 saturated heterocycles. The zero-order valence-electron chi connectivity index (χ0n) is 12.3. The molecule has 1 unspecified atom stereocenters. The molecule has 1 N–H and O–H groups in total. The van der Waals surface area contributed by atoms with E-state index in [-0.39, 0.29) is 0 Å². The summed E-state index contributed by atoms with van der Waals surface area (Å²) in [4.78, 5) is 4.51. The molecule has 1 aromatic carbocycles. The molecule has 1 aliphatic heterocycles. The quantitative estimate of drug-likeness (QED) is 0.913. The first-order valence-electron chi connectivity index (χ1n) is 7.49. The maximum absolute atomic E-state index is 5.37. The normalized spacial score (nSPS) is 18.6. The summed E-state index contributed by atoms with van der Waals surface area (Å²) >= 11 is 0. The standard InChI is InChI=1S/C16H21N3O2/c1-20-14-7-3-2-6-13(14)10-16-18-15(19-21-16)9-12-5-4-8-17-11-12/h2-3,6-7,12,17H,4-5,8-11H2,1H3. The summed E-state index contributed by atoms with van der Waals surface area (Å²) in [5.41, 5.74) is 1.06. The maximum atomic E-state index is 5.37. The zero-order valence-corrected chi connectivity index (χ0v) is 12.3. The lowest BCUT2D eigenvalue weighted by Gasteiger charge is -2.20. The van der Waals surface area contributed by atoms with Crippen LogP contribution in [0, 0.1) is 5.92 Å². The number of hydrogen-bond donors (Lipinski definition) is 1. The van der Waals surface area contributed by atoms with Crippen LogP contribution < -0.4 is 10.1 Å². The van der Waals surface area contributed by atoms with Crippen LogP contribution in [-0.2, 0) is 12.8 Å². The van der Waals surface area contributed by atoms with E-state index >= 15 is 0 Å². The minimum Gasteiger partial charge on any atom is -0.496 e. The largest absolute Gasteiger partial charge is 0.496 e. The number of hydrogen-bond acceptors (Lipinski definition) is 5. The van der Waals surface area contributed by atoms with Crippen molar-refractivity contribution in [1.82, 2.24) is 15.5 Å². The second-order valence-electron chi connectivity index (χ2n) is 5.51. The highest BCUT2D eigenvalue weighted by Crippen LogP contribution is 2.21. The number of para-hydroxylation sites is 1. The highest BCUT2D eigenvalue weighted by atomic mass is 16.5. The van der Waals surface area contributed by atoms with Crippen LogP contribution in [0.5, 0.6) is 5.75 Å². The number of ether oxygens (including phenoxy) is 1. The van der Waals surface area contributed by atoms with Crippen LogP contribution >= 0.6 is 0 Å². The van der Waals surface area contributed by atoms with E-state index < -0.39 is 0 Å². The Morgan fingerprint density at radius 2 is 2.29 bits per heavy atom. The first kappa shape index (κ1) is 14.1. The van der Waals surface area contributed by atoms with Crippen molar-refractivity contribution in [3.8, 4) is 5.75 Å². The molecule has 1 atom stereocenters. The van der Waals surface area contributed by atoms with Crippen LogP contribution in [0.3, 0.4) is 0 Å². The van der Waals surface area contributed by atoms with E-state index in [1.54, 1.807) is 7.11 Å². The van der Waals surface area contributed by atoms with Crippen LogP contribution in [0.15, 0.2) is 28.8 Å². The molecular weight excluding hydrogens is 266 g/mol. The van der Waals surface area contributed by atoms with Gasteiger partial charge >= 0.3 is 0 Å². The summed E-state index contributed by atoms with van der Waals surface area (Å²) in [5, 5.41) is 7.52. The van der Waals surface area contributed by atoms with Gasteiger partial charge in [0, 0.05) is 12.0 Å². The van der Waals surface area contributed by atoms with E-state index in [2.05, 4.69) is 15.5 Å². The van der Waals surface area contributed by atoms with Crippen LogP contribution in [-0.4, -0.2) is 30.3 Å². The zero-order chi connectivity index (χ0) is 14.5. The van der Waals surface area contributed by atoms with Gasteiger partial charge in [0.25, 0.3) is 0 Å². The molecule has 1 aliphatic rings. The van der Waals surface area contributed by atoms with Crippen LogP contribution in [0.25, 0.3) is 0 Å². The minimum atomic E-state index is 0.611. The monoisotopic (exact) mass is 287 g/mol. The van der Waals surface area contributed by atoms with E-state index in [0.29, 0.717) is 18.2 Å². The number of rotatable bonds is 5. The van der Waals surface area contributed by atoms with Gasteiger partial charge in [-0.15, -0.1) is 0 Å². The summed E-state index contributed by atoms with van der Waals surface area (Å²) in [7, 11) is 1.67. The number of methoxy groups -OCH3 is 1. The molecule has 0 saturated carbocycles. The van der Waals surface area contributed by atoms with Gasteiger partial charge in [0.2, 0.25) is 5.89 Å². The van der Waals surface area contributed by atoms with E-state index in [1.165, 1.54) is 12.8 Å². The predicted molar refractivity (Wildman–Crippen MR) is 79.4 cm³/mol. The van der Waals surface area contributed by atoms with Crippen LogP contribution in [0.2, 0.25) is 0 Å². The molecule has 5 nitrogen and oxygen atoms in total. The molecule has 112 valence electrons. The Balaban J connectivity index is 1.64. The van der Waals surface area contributed by atoms with Gasteiger partial charge in [-0.05, 0) is 37.9 Å². The van der Waals surface area contributed by atoms with Gasteiger partial charge in [-0.1, -0.05) is 23.4 Å². The SMILES string of the molecule is COc1ccccc1Cc1nc(CC2CCCNC2)no1. The average Bonchev–Trinajstić information content (AvgIpc) is 2.96. The lowest BCUT2D eigenvalue weighted by molar-refractivity contribution is 0.350. The lowest BCUT2D eigenvalue weighted by atomic mass is 9.96. The Kier molecular flexibility index (Phi) is 4.50. The van der Waals surface area contributed by atoms with Crippen LogP contribution in [0.4, 0.5) is 0 Å². The number of nitrogens with zero attached hydrogens (tertiary/aromatic N) is 2. The molecule has 21 heavy (non-hydrogen) atoms. The highest BCUT2D eigenvalue weighted by Gasteiger charge is 2.17. The fourth-order valence-electron chi connectivity index (χ4n) is 2.81. The minimum absolute atomic E-state index is 0.611. The summed E-state index contributed by atoms with van der Waals surface area (Å²) in [5.74, 6) is 2.94. The Labute approximate surface area is 124 Å². The molecule has 3 rings (SSSR count). The van der Waals surface area contributed by atoms with E-state index in [4.69, 9.17) is 9.26 Å². The van der Waals surface area contributed by atoms with Crippen molar-refractivity contribution >= 4 is 0 Å². The van der Waals surface area contributed by atoms with Crippen molar-refractivity contribution in [2.45, 2.75) is 25.7 Å². The van der Waals surface area contributed by atoms with Crippen molar-refractivity contribution in [1.29, 1.82) is 0 Å². The van der Waals surface area contributed by atoms with Crippen molar-refractivity contribution < 1.29 is 9.26 Å². The molecule has 2 heterocycles. The number of nitrogens with one attached hydrogen (secondary N) is 1. The van der Waals surface area contributed by atoms with Gasteiger partial charge in [-0.3, -0.25) is 0 Å². The van der Waals surface area contributed by atoms with E-state index in [0.717, 1.165) is 36.6 Å². The van der Waals surface area contributed by atoms with E-state index in [9.17, 15) is 0 Å². The first-order valence-corrected chi connectivity index (χ1v) is 7.49. The molecule has 0 amide bonds. The predicted octanol–water partition coefficient (Wildman–Crippen LogP) is 2.21. The van der Waals surface area contributed by atoms with Gasteiger partial charge in [0.15, 0.2) is 5.82 Å². The number of aromatic nitrogens is 2. The molecule has 0 aliphatic carbocycles. The van der Waals surface area contributed by atoms with Crippen molar-refractivity contribution in [2.75, 3.05) is 20.2 Å². The third kappa shape index (κ3) is 3.61. The van der Waals surface area contributed by atoms with Crippen molar-refractivity contribution in [3.05, 3.63) is 41.5 Å². The highest BCUT2D eigenvalue weighted by molar-refractivity contribution is 5.34. The van der Waals surface area contributed by atoms with Gasteiger partial charge in [-0.25, -0.2) is 0 Å². The van der Waals surface area contributed by atoms with E-state index in [1.807, 2.05) is 24.3 Å². The molecule has 2 aromatic rings. The summed E-state index contributed by atoms with van der Waals surface area (Å²) in [6.07, 6.45) is 3.97. The fourth-order valence-corrected chi connectivity index (χ4v) is 2.81. The van der Waals surface area contributed by atoms with Gasteiger partial charge in [0.05, 0.1) is 13.5 Å². The summed E-state index contributed by atoms with van der Waals surface area (Å²) < 4.78 is 10.7. The fraction of sp³-hybridized carbons (Fsp3) is 0.500. The Morgan fingerprint density at radius 3 is 3.10 bits per heavy atom. The smallest absolute Gasteiger partial charge is 0.231 e. The van der Waals surface area contributed by atoms with Crippen molar-refractivity contribution in [3.63, 3.8) is 0 Å². The first-order chi connectivity index (χ1) is 10.3. The molecule has 0 spiro atoms. The molecule has 0 bridgehead atoms. The number of benzene rings is 1.